The SMILES string of the molecule is C=CC(=O)OCCCCCCCCCCCCCC[Si](C)(C)Br. The molecular formula is C19H37BrO2Si. The number of rotatable bonds is 16. The fourth-order valence-corrected chi connectivity index (χ4v) is 4.58. The van der Waals surface area contributed by atoms with Gasteiger partial charge in [0.25, 0.3) is 0 Å². The second-order valence-corrected chi connectivity index (χ2v) is 17.5. The van der Waals surface area contributed by atoms with E-state index in [1.165, 1.54) is 76.3 Å². The Labute approximate surface area is 153 Å². The van der Waals surface area contributed by atoms with E-state index in [1.807, 2.05) is 0 Å². The third-order valence-electron chi connectivity index (χ3n) is 4.08. The molecule has 0 saturated heterocycles. The molecule has 0 N–H and O–H groups in total. The lowest BCUT2D eigenvalue weighted by Gasteiger charge is -2.12. The molecule has 0 radical (unpaired) electrons. The van der Waals surface area contributed by atoms with Crippen LogP contribution in [0.15, 0.2) is 12.7 Å². The predicted molar refractivity (Wildman–Crippen MR) is 108 cm³/mol. The van der Waals surface area contributed by atoms with Crippen molar-refractivity contribution >= 4 is 28.0 Å². The standard InChI is InChI=1S/C19H37BrO2Si/c1-4-19(21)22-17-15-13-11-9-7-5-6-8-10-12-14-16-18-23(2,3)20/h4H,1,5-18H2,2-3H3. The summed E-state index contributed by atoms with van der Waals surface area (Å²) in [6, 6.07) is 1.42. The number of esters is 1. The number of hydrogen-bond donors (Lipinski definition) is 0. The molecule has 0 atom stereocenters. The van der Waals surface area contributed by atoms with E-state index in [0.29, 0.717) is 6.61 Å². The van der Waals surface area contributed by atoms with Crippen LogP contribution in [0.5, 0.6) is 0 Å². The fraction of sp³-hybridized carbons (Fsp3) is 0.842. The van der Waals surface area contributed by atoms with Gasteiger partial charge in [-0.2, -0.15) is 0 Å². The molecule has 0 aromatic heterocycles. The average molecular weight is 405 g/mol. The van der Waals surface area contributed by atoms with Crippen LogP contribution in [0.3, 0.4) is 0 Å². The minimum Gasteiger partial charge on any atom is -0.463 e. The number of unbranched alkanes of at least 4 members (excludes halogenated alkanes) is 11. The van der Waals surface area contributed by atoms with Crippen LogP contribution in [0.1, 0.15) is 77.0 Å². The van der Waals surface area contributed by atoms with Crippen molar-refractivity contribution < 1.29 is 9.53 Å². The first-order valence-electron chi connectivity index (χ1n) is 9.44. The summed E-state index contributed by atoms with van der Waals surface area (Å²) < 4.78 is 4.95. The lowest BCUT2D eigenvalue weighted by atomic mass is 10.1. The molecule has 0 aliphatic heterocycles. The van der Waals surface area contributed by atoms with Gasteiger partial charge in [0, 0.05) is 6.08 Å². The van der Waals surface area contributed by atoms with Crippen molar-refractivity contribution in [3.63, 3.8) is 0 Å². The Balaban J connectivity index is 3.08. The molecule has 0 aromatic carbocycles. The summed E-state index contributed by atoms with van der Waals surface area (Å²) in [6.45, 7) is 7.72. The van der Waals surface area contributed by atoms with E-state index in [1.54, 1.807) is 0 Å². The third-order valence-corrected chi connectivity index (χ3v) is 6.81. The molecular weight excluding hydrogens is 368 g/mol. The number of carbonyl (C=O) groups is 1. The van der Waals surface area contributed by atoms with Crippen molar-refractivity contribution in [1.82, 2.24) is 0 Å². The maximum Gasteiger partial charge on any atom is 0.330 e. The largest absolute Gasteiger partial charge is 0.463 e. The van der Waals surface area contributed by atoms with Gasteiger partial charge >= 0.3 is 5.97 Å². The monoisotopic (exact) mass is 404 g/mol. The minimum absolute atomic E-state index is 0.303. The van der Waals surface area contributed by atoms with Gasteiger partial charge in [-0.3, -0.25) is 0 Å². The molecule has 2 nitrogen and oxygen atoms in total. The van der Waals surface area contributed by atoms with Gasteiger partial charge in [0.05, 0.1) is 6.61 Å². The van der Waals surface area contributed by atoms with Gasteiger partial charge in [0.1, 0.15) is 6.69 Å². The number of carbonyl (C=O) groups excluding carboxylic acids is 1. The second-order valence-electron chi connectivity index (χ2n) is 7.08. The molecule has 0 heterocycles. The molecule has 0 aliphatic carbocycles. The Morgan fingerprint density at radius 2 is 1.26 bits per heavy atom. The zero-order valence-electron chi connectivity index (χ0n) is 15.4. The molecule has 0 unspecified atom stereocenters. The zero-order chi connectivity index (χ0) is 17.4. The van der Waals surface area contributed by atoms with Crippen LogP contribution >= 0.6 is 15.3 Å². The fourth-order valence-electron chi connectivity index (χ4n) is 2.65. The van der Waals surface area contributed by atoms with Gasteiger partial charge in [-0.1, -0.05) is 90.3 Å². The van der Waals surface area contributed by atoms with E-state index in [9.17, 15) is 4.79 Å². The molecule has 136 valence electrons. The van der Waals surface area contributed by atoms with Crippen LogP contribution in [-0.2, 0) is 9.53 Å². The van der Waals surface area contributed by atoms with E-state index >= 15 is 0 Å². The van der Waals surface area contributed by atoms with E-state index in [2.05, 4.69) is 35.0 Å². The van der Waals surface area contributed by atoms with E-state index < -0.39 is 6.69 Å². The van der Waals surface area contributed by atoms with Crippen molar-refractivity contribution in [2.75, 3.05) is 6.61 Å². The van der Waals surface area contributed by atoms with Crippen LogP contribution in [0.2, 0.25) is 19.1 Å². The van der Waals surface area contributed by atoms with Gasteiger partial charge in [-0.25, -0.2) is 4.79 Å². The van der Waals surface area contributed by atoms with Gasteiger partial charge in [-0.15, -0.1) is 15.3 Å². The highest BCUT2D eigenvalue weighted by Gasteiger charge is 2.14. The summed E-state index contributed by atoms with van der Waals surface area (Å²) in [5, 5.41) is 0. The summed E-state index contributed by atoms with van der Waals surface area (Å²) in [5.74, 6) is -0.303. The average Bonchev–Trinajstić information content (AvgIpc) is 2.49. The summed E-state index contributed by atoms with van der Waals surface area (Å²) >= 11 is 3.84. The molecule has 0 fully saturated rings. The maximum absolute atomic E-state index is 10.8. The zero-order valence-corrected chi connectivity index (χ0v) is 18.0. The second kappa shape index (κ2) is 15.4. The van der Waals surface area contributed by atoms with Crippen LogP contribution < -0.4 is 0 Å². The molecule has 0 aliphatic rings. The molecule has 0 bridgehead atoms. The first-order chi connectivity index (χ1) is 11.0. The highest BCUT2D eigenvalue weighted by Crippen LogP contribution is 2.21. The molecule has 23 heavy (non-hydrogen) atoms. The molecule has 4 heteroatoms. The molecule has 0 spiro atoms. The Bertz CT molecular complexity index is 300. The third kappa shape index (κ3) is 19.9. The lowest BCUT2D eigenvalue weighted by Crippen LogP contribution is -2.13. The van der Waals surface area contributed by atoms with Crippen LogP contribution in [0.4, 0.5) is 0 Å². The van der Waals surface area contributed by atoms with E-state index in [4.69, 9.17) is 4.74 Å². The molecule has 0 amide bonds. The highest BCUT2D eigenvalue weighted by atomic mass is 79.9. The number of ether oxygens (including phenoxy) is 1. The lowest BCUT2D eigenvalue weighted by molar-refractivity contribution is -0.137. The van der Waals surface area contributed by atoms with E-state index in [0.717, 1.165) is 12.8 Å². The van der Waals surface area contributed by atoms with Gasteiger partial charge in [0.15, 0.2) is 0 Å². The molecule has 0 rings (SSSR count). The highest BCUT2D eigenvalue weighted by molar-refractivity contribution is 9.26. The quantitative estimate of drug-likeness (QED) is 0.0909. The van der Waals surface area contributed by atoms with Crippen LogP contribution in [-0.4, -0.2) is 19.3 Å². The topological polar surface area (TPSA) is 26.3 Å². The first-order valence-corrected chi connectivity index (χ1v) is 14.9. The van der Waals surface area contributed by atoms with Gasteiger partial charge in [0.2, 0.25) is 0 Å². The van der Waals surface area contributed by atoms with Crippen molar-refractivity contribution in [3.05, 3.63) is 12.7 Å². The predicted octanol–water partition coefficient (Wildman–Crippen LogP) is 7.00. The Kier molecular flexibility index (Phi) is 15.4. The van der Waals surface area contributed by atoms with Crippen LogP contribution in [0, 0.1) is 0 Å². The summed E-state index contributed by atoms with van der Waals surface area (Å²) in [6.07, 6.45) is 17.2. The molecule has 0 aromatic rings. The first kappa shape index (κ1) is 22.9. The molecule has 0 saturated carbocycles. The number of halogens is 1. The maximum atomic E-state index is 10.8. The van der Waals surface area contributed by atoms with Crippen LogP contribution in [0.25, 0.3) is 0 Å². The van der Waals surface area contributed by atoms with Crippen molar-refractivity contribution in [1.29, 1.82) is 0 Å². The van der Waals surface area contributed by atoms with Gasteiger partial charge < -0.3 is 4.74 Å². The normalized spacial score (nSPS) is 11.4. The van der Waals surface area contributed by atoms with Crippen molar-refractivity contribution in [2.45, 2.75) is 96.2 Å². The summed E-state index contributed by atoms with van der Waals surface area (Å²) in [5.41, 5.74) is 0. The smallest absolute Gasteiger partial charge is 0.330 e. The van der Waals surface area contributed by atoms with Crippen molar-refractivity contribution in [3.8, 4) is 0 Å². The Morgan fingerprint density at radius 1 is 0.870 bits per heavy atom. The van der Waals surface area contributed by atoms with Crippen molar-refractivity contribution in [2.24, 2.45) is 0 Å². The minimum atomic E-state index is -0.984. The summed E-state index contributed by atoms with van der Waals surface area (Å²) in [7, 11) is 0. The Hall–Kier alpha value is -0.0931. The van der Waals surface area contributed by atoms with Gasteiger partial charge in [-0.05, 0) is 12.5 Å². The van der Waals surface area contributed by atoms with E-state index in [-0.39, 0.29) is 5.97 Å². The number of hydrogen-bond acceptors (Lipinski definition) is 2. The Morgan fingerprint density at radius 3 is 1.65 bits per heavy atom. The summed E-state index contributed by atoms with van der Waals surface area (Å²) in [4.78, 5) is 10.8.